The van der Waals surface area contributed by atoms with Gasteiger partial charge in [-0.2, -0.15) is 0 Å². The SMILES string of the molecule is CCOc1c(C)cc(-c2cccc(CNC(C)=S)c2)cc1S(=O)(=O)N[C@@H](CO)Cc1c[nH]c2ccccc12. The van der Waals surface area contributed by atoms with Crippen molar-refractivity contribution in [3.05, 3.63) is 83.6 Å². The second-order valence-electron chi connectivity index (χ2n) is 9.23. The number of H-pyrrole nitrogens is 1. The number of aromatic nitrogens is 1. The number of aliphatic hydroxyl groups excluding tert-OH is 1. The second kappa shape index (κ2) is 12.1. The Kier molecular flexibility index (Phi) is 8.83. The van der Waals surface area contributed by atoms with E-state index in [-0.39, 0.29) is 11.5 Å². The molecule has 0 saturated heterocycles. The van der Waals surface area contributed by atoms with Gasteiger partial charge in [-0.05, 0) is 79.3 Å². The normalized spacial score (nSPS) is 12.4. The number of hydrogen-bond acceptors (Lipinski definition) is 5. The molecule has 4 aromatic rings. The molecule has 4 N–H and O–H groups in total. The lowest BCUT2D eigenvalue weighted by molar-refractivity contribution is 0.256. The first kappa shape index (κ1) is 27.8. The molecule has 0 aliphatic heterocycles. The van der Waals surface area contributed by atoms with Crippen molar-refractivity contribution in [3.8, 4) is 16.9 Å². The second-order valence-corrected chi connectivity index (χ2v) is 11.5. The van der Waals surface area contributed by atoms with Gasteiger partial charge in [0.1, 0.15) is 10.6 Å². The van der Waals surface area contributed by atoms with Crippen LogP contribution >= 0.6 is 12.2 Å². The van der Waals surface area contributed by atoms with Crippen LogP contribution < -0.4 is 14.8 Å². The zero-order valence-electron chi connectivity index (χ0n) is 21.7. The molecule has 1 aromatic heterocycles. The monoisotopic (exact) mass is 551 g/mol. The minimum absolute atomic E-state index is 0.0463. The molecular formula is C29H33N3O4S2. The van der Waals surface area contributed by atoms with Crippen molar-refractivity contribution in [2.75, 3.05) is 13.2 Å². The first-order valence-corrected chi connectivity index (χ1v) is 14.4. The number of rotatable bonds is 11. The average Bonchev–Trinajstić information content (AvgIpc) is 3.30. The summed E-state index contributed by atoms with van der Waals surface area (Å²) in [6, 6.07) is 18.5. The molecule has 3 aromatic carbocycles. The van der Waals surface area contributed by atoms with E-state index in [1.165, 1.54) is 0 Å². The standard InChI is InChI=1S/C29H33N3O4S2/c1-4-36-29-19(2)12-23(22-9-7-8-21(13-22)16-30-20(3)37)15-28(29)38(34,35)32-25(18-33)14-24-17-31-27-11-6-5-10-26(24)27/h5-13,15,17,25,31-33H,4,14,16,18H2,1-3H3,(H,30,37)/t25-/m1/s1. The highest BCUT2D eigenvalue weighted by Crippen LogP contribution is 2.34. The van der Waals surface area contributed by atoms with Gasteiger partial charge in [-0.25, -0.2) is 13.1 Å². The molecule has 0 unspecified atom stereocenters. The molecule has 200 valence electrons. The Morgan fingerprint density at radius 1 is 1.11 bits per heavy atom. The molecule has 1 heterocycles. The third-order valence-electron chi connectivity index (χ3n) is 6.30. The minimum atomic E-state index is -4.04. The van der Waals surface area contributed by atoms with Gasteiger partial charge in [0.25, 0.3) is 0 Å². The Balaban J connectivity index is 1.68. The maximum absolute atomic E-state index is 13.7. The fourth-order valence-electron chi connectivity index (χ4n) is 4.52. The molecule has 0 aliphatic carbocycles. The van der Waals surface area contributed by atoms with Crippen molar-refractivity contribution < 1.29 is 18.3 Å². The van der Waals surface area contributed by atoms with Crippen LogP contribution in [0.5, 0.6) is 5.75 Å². The van der Waals surface area contributed by atoms with Crippen LogP contribution in [0.1, 0.15) is 30.5 Å². The van der Waals surface area contributed by atoms with Crippen molar-refractivity contribution >= 4 is 38.1 Å². The Bertz CT molecular complexity index is 1550. The Morgan fingerprint density at radius 2 is 1.89 bits per heavy atom. The lowest BCUT2D eigenvalue weighted by atomic mass is 10.0. The van der Waals surface area contributed by atoms with E-state index in [0.717, 1.165) is 33.2 Å². The highest BCUT2D eigenvalue weighted by Gasteiger charge is 2.26. The number of aromatic amines is 1. The maximum Gasteiger partial charge on any atom is 0.244 e. The van der Waals surface area contributed by atoms with Crippen molar-refractivity contribution in [2.24, 2.45) is 0 Å². The third kappa shape index (κ3) is 6.42. The molecular weight excluding hydrogens is 518 g/mol. The lowest BCUT2D eigenvalue weighted by Crippen LogP contribution is -2.39. The number of para-hydroxylation sites is 1. The number of ether oxygens (including phenoxy) is 1. The summed E-state index contributed by atoms with van der Waals surface area (Å²) in [7, 11) is -4.04. The molecule has 7 nitrogen and oxygen atoms in total. The van der Waals surface area contributed by atoms with Gasteiger partial charge in [-0.3, -0.25) is 0 Å². The van der Waals surface area contributed by atoms with Gasteiger partial charge >= 0.3 is 0 Å². The average molecular weight is 552 g/mol. The van der Waals surface area contributed by atoms with Crippen molar-refractivity contribution in [3.63, 3.8) is 0 Å². The minimum Gasteiger partial charge on any atom is -0.492 e. The van der Waals surface area contributed by atoms with E-state index in [0.29, 0.717) is 35.9 Å². The highest BCUT2D eigenvalue weighted by molar-refractivity contribution is 7.89. The number of benzene rings is 3. The van der Waals surface area contributed by atoms with Crippen molar-refractivity contribution in [1.82, 2.24) is 15.0 Å². The smallest absolute Gasteiger partial charge is 0.244 e. The number of hydrogen-bond donors (Lipinski definition) is 4. The molecule has 0 amide bonds. The van der Waals surface area contributed by atoms with Gasteiger partial charge in [-0.15, -0.1) is 0 Å². The number of aryl methyl sites for hydroxylation is 1. The first-order valence-electron chi connectivity index (χ1n) is 12.5. The van der Waals surface area contributed by atoms with Crippen LogP contribution in [0, 0.1) is 6.92 Å². The van der Waals surface area contributed by atoms with E-state index in [9.17, 15) is 13.5 Å². The number of thiocarbonyl (C=S) groups is 1. The lowest BCUT2D eigenvalue weighted by Gasteiger charge is -2.20. The quantitative estimate of drug-likeness (QED) is 0.199. The Hall–Kier alpha value is -3.24. The van der Waals surface area contributed by atoms with Gasteiger partial charge in [0.05, 0.1) is 18.2 Å². The van der Waals surface area contributed by atoms with Crippen LogP contribution in [-0.2, 0) is 23.0 Å². The summed E-state index contributed by atoms with van der Waals surface area (Å²) >= 11 is 5.12. The maximum atomic E-state index is 13.7. The molecule has 0 fully saturated rings. The summed E-state index contributed by atoms with van der Waals surface area (Å²) in [6.45, 7) is 6.04. The van der Waals surface area contributed by atoms with E-state index < -0.39 is 16.1 Å². The number of fused-ring (bicyclic) bond motifs is 1. The zero-order chi connectivity index (χ0) is 27.3. The van der Waals surface area contributed by atoms with E-state index in [1.54, 1.807) is 6.07 Å². The summed E-state index contributed by atoms with van der Waals surface area (Å²) in [5.41, 5.74) is 5.26. The number of sulfonamides is 1. The fourth-order valence-corrected chi connectivity index (χ4v) is 6.06. The topological polar surface area (TPSA) is 103 Å². The largest absolute Gasteiger partial charge is 0.492 e. The molecule has 0 aliphatic rings. The zero-order valence-corrected chi connectivity index (χ0v) is 23.4. The van der Waals surface area contributed by atoms with Crippen LogP contribution in [0.3, 0.4) is 0 Å². The summed E-state index contributed by atoms with van der Waals surface area (Å²) in [4.78, 5) is 3.95. The molecule has 38 heavy (non-hydrogen) atoms. The van der Waals surface area contributed by atoms with Crippen LogP contribution in [0.2, 0.25) is 0 Å². The summed E-state index contributed by atoms with van der Waals surface area (Å²) < 4.78 is 36.0. The van der Waals surface area contributed by atoms with E-state index in [4.69, 9.17) is 17.0 Å². The molecule has 0 saturated carbocycles. The predicted molar refractivity (Wildman–Crippen MR) is 156 cm³/mol. The highest BCUT2D eigenvalue weighted by atomic mass is 32.2. The van der Waals surface area contributed by atoms with E-state index in [1.807, 2.05) is 81.6 Å². The Labute approximate surface area is 229 Å². The summed E-state index contributed by atoms with van der Waals surface area (Å²) in [6.07, 6.45) is 2.18. The molecule has 0 spiro atoms. The van der Waals surface area contributed by atoms with Gasteiger partial charge in [-0.1, -0.05) is 48.6 Å². The summed E-state index contributed by atoms with van der Waals surface area (Å²) in [5, 5.41) is 14.3. The van der Waals surface area contributed by atoms with Crippen LogP contribution in [-0.4, -0.2) is 42.8 Å². The molecule has 4 rings (SSSR count). The van der Waals surface area contributed by atoms with Crippen molar-refractivity contribution in [2.45, 2.75) is 44.7 Å². The van der Waals surface area contributed by atoms with Gasteiger partial charge in [0.15, 0.2) is 0 Å². The fraction of sp³-hybridized carbons (Fsp3) is 0.276. The van der Waals surface area contributed by atoms with E-state index in [2.05, 4.69) is 15.0 Å². The number of nitrogens with one attached hydrogen (secondary N) is 3. The third-order valence-corrected chi connectivity index (χ3v) is 7.97. The van der Waals surface area contributed by atoms with Gasteiger partial charge < -0.3 is 20.1 Å². The van der Waals surface area contributed by atoms with Gasteiger partial charge in [0, 0.05) is 29.7 Å². The molecule has 9 heteroatoms. The van der Waals surface area contributed by atoms with Crippen LogP contribution in [0.25, 0.3) is 22.0 Å². The molecule has 0 bridgehead atoms. The molecule has 0 radical (unpaired) electrons. The summed E-state index contributed by atoms with van der Waals surface area (Å²) in [5.74, 6) is 0.307. The predicted octanol–water partition coefficient (Wildman–Crippen LogP) is 4.86. The van der Waals surface area contributed by atoms with E-state index >= 15 is 0 Å². The van der Waals surface area contributed by atoms with Gasteiger partial charge in [0.2, 0.25) is 10.0 Å². The van der Waals surface area contributed by atoms with Crippen LogP contribution in [0.4, 0.5) is 0 Å². The molecule has 1 atom stereocenters. The Morgan fingerprint density at radius 3 is 2.63 bits per heavy atom. The van der Waals surface area contributed by atoms with Crippen molar-refractivity contribution in [1.29, 1.82) is 0 Å². The first-order chi connectivity index (χ1) is 18.2. The number of aliphatic hydroxyl groups is 1. The van der Waals surface area contributed by atoms with Crippen LogP contribution in [0.15, 0.2) is 71.8 Å².